The smallest absolute Gasteiger partial charge is 0.265 e. The number of hydrogen-bond acceptors (Lipinski definition) is 3. The van der Waals surface area contributed by atoms with Crippen LogP contribution in [0.25, 0.3) is 0 Å². The number of sulfonamides is 1. The Kier molecular flexibility index (Phi) is 4.63. The summed E-state index contributed by atoms with van der Waals surface area (Å²) in [6, 6.07) is 9.69. The van der Waals surface area contributed by atoms with Crippen molar-refractivity contribution >= 4 is 64.9 Å². The van der Waals surface area contributed by atoms with Gasteiger partial charge < -0.3 is 5.73 Å². The number of nitrogens with one attached hydrogen (secondary N) is 1. The zero-order valence-electron chi connectivity index (χ0n) is 9.90. The van der Waals surface area contributed by atoms with Crippen molar-refractivity contribution in [2.24, 2.45) is 0 Å². The van der Waals surface area contributed by atoms with Gasteiger partial charge in [-0.1, -0.05) is 39.7 Å². The van der Waals surface area contributed by atoms with Gasteiger partial charge in [0.2, 0.25) is 0 Å². The summed E-state index contributed by atoms with van der Waals surface area (Å²) >= 11 is 12.4. The van der Waals surface area contributed by atoms with Crippen molar-refractivity contribution < 1.29 is 8.42 Å². The number of halogens is 3. The van der Waals surface area contributed by atoms with E-state index in [1.165, 1.54) is 6.07 Å². The summed E-state index contributed by atoms with van der Waals surface area (Å²) in [6.07, 6.45) is 0. The fourth-order valence-corrected chi connectivity index (χ4v) is 4.99. The van der Waals surface area contributed by atoms with Crippen LogP contribution in [0, 0.1) is 0 Å². The number of hydrogen-bond donors (Lipinski definition) is 2. The normalized spacial score (nSPS) is 11.3. The topological polar surface area (TPSA) is 72.2 Å². The molecule has 0 amide bonds. The van der Waals surface area contributed by atoms with E-state index in [9.17, 15) is 8.42 Å². The maximum absolute atomic E-state index is 12.4. The van der Waals surface area contributed by atoms with E-state index >= 15 is 0 Å². The molecule has 0 aliphatic carbocycles. The van der Waals surface area contributed by atoms with Crippen LogP contribution in [0.15, 0.2) is 50.2 Å². The molecule has 2 rings (SSSR count). The van der Waals surface area contributed by atoms with E-state index in [1.807, 2.05) is 0 Å². The number of benzene rings is 2. The minimum absolute atomic E-state index is 0.0272. The highest BCUT2D eigenvalue weighted by molar-refractivity contribution is 9.11. The second-order valence-corrected chi connectivity index (χ2v) is 7.69. The summed E-state index contributed by atoms with van der Waals surface area (Å²) in [5.74, 6) is 0. The second-order valence-electron chi connectivity index (χ2n) is 3.89. The van der Waals surface area contributed by atoms with Crippen LogP contribution in [0.2, 0.25) is 5.02 Å². The Morgan fingerprint density at radius 3 is 2.40 bits per heavy atom. The van der Waals surface area contributed by atoms with Gasteiger partial charge in [-0.2, -0.15) is 0 Å². The molecule has 0 unspecified atom stereocenters. The van der Waals surface area contributed by atoms with Crippen LogP contribution in [-0.2, 0) is 10.0 Å². The van der Waals surface area contributed by atoms with E-state index in [1.54, 1.807) is 30.3 Å². The lowest BCUT2D eigenvalue weighted by Crippen LogP contribution is -2.15. The molecule has 0 bridgehead atoms. The van der Waals surface area contributed by atoms with E-state index in [2.05, 4.69) is 36.6 Å². The Balaban J connectivity index is 2.50. The summed E-state index contributed by atoms with van der Waals surface area (Å²) in [5.41, 5.74) is 6.21. The van der Waals surface area contributed by atoms with Gasteiger partial charge in [0, 0.05) is 8.95 Å². The highest BCUT2D eigenvalue weighted by atomic mass is 79.9. The average molecular weight is 441 g/mol. The molecule has 0 aromatic heterocycles. The molecule has 0 aliphatic heterocycles. The van der Waals surface area contributed by atoms with Crippen LogP contribution >= 0.6 is 43.5 Å². The van der Waals surface area contributed by atoms with Crippen molar-refractivity contribution in [1.29, 1.82) is 0 Å². The molecule has 0 saturated heterocycles. The van der Waals surface area contributed by atoms with Crippen LogP contribution < -0.4 is 10.5 Å². The molecular weight excluding hydrogens is 431 g/mol. The number of anilines is 2. The Bertz CT molecular complexity index is 743. The molecular formula is C12H9Br2ClN2O2S. The molecule has 106 valence electrons. The van der Waals surface area contributed by atoms with Gasteiger partial charge in [0.05, 0.1) is 16.4 Å². The van der Waals surface area contributed by atoms with Crippen LogP contribution in [0.1, 0.15) is 0 Å². The van der Waals surface area contributed by atoms with Crippen molar-refractivity contribution in [2.45, 2.75) is 4.90 Å². The van der Waals surface area contributed by atoms with Crippen LogP contribution in [0.4, 0.5) is 11.4 Å². The van der Waals surface area contributed by atoms with E-state index in [0.29, 0.717) is 19.7 Å². The SMILES string of the molecule is Nc1cc(Br)cc(Br)c1S(=O)(=O)Nc1ccccc1Cl. The lowest BCUT2D eigenvalue weighted by molar-refractivity contribution is 0.601. The fraction of sp³-hybridized carbons (Fsp3) is 0. The van der Waals surface area contributed by atoms with E-state index in [4.69, 9.17) is 17.3 Å². The first-order chi connectivity index (χ1) is 9.31. The number of para-hydroxylation sites is 1. The van der Waals surface area contributed by atoms with Gasteiger partial charge >= 0.3 is 0 Å². The molecule has 0 fully saturated rings. The highest BCUT2D eigenvalue weighted by Gasteiger charge is 2.22. The zero-order chi connectivity index (χ0) is 14.9. The van der Waals surface area contributed by atoms with E-state index in [0.717, 1.165) is 0 Å². The average Bonchev–Trinajstić information content (AvgIpc) is 2.30. The van der Waals surface area contributed by atoms with Gasteiger partial charge in [0.25, 0.3) is 10.0 Å². The van der Waals surface area contributed by atoms with E-state index in [-0.39, 0.29) is 10.6 Å². The van der Waals surface area contributed by atoms with Crippen molar-refractivity contribution in [2.75, 3.05) is 10.5 Å². The molecule has 0 spiro atoms. The molecule has 8 heteroatoms. The standard InChI is InChI=1S/C12H9Br2ClN2O2S/c13-7-5-8(14)12(10(16)6-7)20(18,19)17-11-4-2-1-3-9(11)15/h1-6,17H,16H2. The molecule has 3 N–H and O–H groups in total. The number of nitrogen functional groups attached to an aromatic ring is 1. The number of nitrogens with two attached hydrogens (primary N) is 1. The van der Waals surface area contributed by atoms with E-state index < -0.39 is 10.0 Å². The predicted octanol–water partition coefficient (Wildman–Crippen LogP) is 4.25. The lowest BCUT2D eigenvalue weighted by Gasteiger charge is -2.13. The minimum Gasteiger partial charge on any atom is -0.398 e. The van der Waals surface area contributed by atoms with Crippen LogP contribution in [-0.4, -0.2) is 8.42 Å². The third kappa shape index (κ3) is 3.28. The maximum atomic E-state index is 12.4. The molecule has 0 atom stereocenters. The molecule has 0 heterocycles. The van der Waals surface area contributed by atoms with Gasteiger partial charge in [-0.3, -0.25) is 4.72 Å². The first-order valence-corrected chi connectivity index (χ1v) is 8.78. The summed E-state index contributed by atoms with van der Waals surface area (Å²) in [7, 11) is -3.84. The van der Waals surface area contributed by atoms with Gasteiger partial charge in [0.1, 0.15) is 4.90 Å². The summed E-state index contributed by atoms with van der Waals surface area (Å²) in [6.45, 7) is 0. The lowest BCUT2D eigenvalue weighted by atomic mass is 10.3. The Morgan fingerprint density at radius 2 is 1.80 bits per heavy atom. The maximum Gasteiger partial charge on any atom is 0.265 e. The molecule has 20 heavy (non-hydrogen) atoms. The minimum atomic E-state index is -3.84. The van der Waals surface area contributed by atoms with Gasteiger partial charge in [-0.25, -0.2) is 8.42 Å². The van der Waals surface area contributed by atoms with Gasteiger partial charge in [-0.05, 0) is 40.2 Å². The first-order valence-electron chi connectivity index (χ1n) is 5.33. The highest BCUT2D eigenvalue weighted by Crippen LogP contribution is 2.33. The van der Waals surface area contributed by atoms with Crippen LogP contribution in [0.5, 0.6) is 0 Å². The van der Waals surface area contributed by atoms with Crippen molar-refractivity contribution in [3.05, 3.63) is 50.4 Å². The number of rotatable bonds is 3. The van der Waals surface area contributed by atoms with Gasteiger partial charge in [0.15, 0.2) is 0 Å². The first kappa shape index (κ1) is 15.6. The summed E-state index contributed by atoms with van der Waals surface area (Å²) in [4.78, 5) is -0.0272. The Labute approximate surface area is 138 Å². The summed E-state index contributed by atoms with van der Waals surface area (Å²) < 4.78 is 28.3. The fourth-order valence-electron chi connectivity index (χ4n) is 1.60. The molecule has 2 aromatic carbocycles. The van der Waals surface area contributed by atoms with Crippen LogP contribution in [0.3, 0.4) is 0 Å². The largest absolute Gasteiger partial charge is 0.398 e. The predicted molar refractivity (Wildman–Crippen MR) is 88.5 cm³/mol. The quantitative estimate of drug-likeness (QED) is 0.701. The molecule has 0 saturated carbocycles. The Morgan fingerprint density at radius 1 is 1.15 bits per heavy atom. The third-order valence-corrected chi connectivity index (χ3v) is 5.58. The third-order valence-electron chi connectivity index (χ3n) is 2.42. The molecule has 0 radical (unpaired) electrons. The molecule has 0 aliphatic rings. The molecule has 4 nitrogen and oxygen atoms in total. The second kappa shape index (κ2) is 5.93. The monoisotopic (exact) mass is 438 g/mol. The summed E-state index contributed by atoms with van der Waals surface area (Å²) in [5, 5.41) is 0.308. The van der Waals surface area contributed by atoms with Gasteiger partial charge in [-0.15, -0.1) is 0 Å². The van der Waals surface area contributed by atoms with Crippen molar-refractivity contribution in [3.63, 3.8) is 0 Å². The molecule has 2 aromatic rings. The zero-order valence-corrected chi connectivity index (χ0v) is 14.6. The van der Waals surface area contributed by atoms with Crippen molar-refractivity contribution in [3.8, 4) is 0 Å². The van der Waals surface area contributed by atoms with Crippen molar-refractivity contribution in [1.82, 2.24) is 0 Å². The Hall–Kier alpha value is -0.760.